The normalized spacial score (nSPS) is 14.9. The van der Waals surface area contributed by atoms with Crippen molar-refractivity contribution in [3.63, 3.8) is 0 Å². The average Bonchev–Trinajstić information content (AvgIpc) is 2.91. The molecule has 0 unspecified atom stereocenters. The molecule has 6 nitrogen and oxygen atoms in total. The van der Waals surface area contributed by atoms with E-state index in [1.165, 1.54) is 0 Å². The van der Waals surface area contributed by atoms with Crippen LogP contribution in [0.2, 0.25) is 5.15 Å². The molecule has 0 N–H and O–H groups in total. The van der Waals surface area contributed by atoms with Crippen LogP contribution >= 0.6 is 11.6 Å². The zero-order valence-corrected chi connectivity index (χ0v) is 16.0. The van der Waals surface area contributed by atoms with Gasteiger partial charge in [0.15, 0.2) is 0 Å². The first kappa shape index (κ1) is 18.3. The first-order chi connectivity index (χ1) is 12.5. The van der Waals surface area contributed by atoms with E-state index in [1.54, 1.807) is 31.0 Å². The van der Waals surface area contributed by atoms with E-state index in [0.717, 1.165) is 35.8 Å². The quantitative estimate of drug-likeness (QED) is 0.772. The van der Waals surface area contributed by atoms with E-state index in [1.807, 2.05) is 30.0 Å². The molecule has 1 aromatic heterocycles. The van der Waals surface area contributed by atoms with Gasteiger partial charge in [0.05, 0.1) is 12.8 Å². The Hall–Kier alpha value is -2.47. The number of hydrogen-bond donors (Lipinski definition) is 0. The van der Waals surface area contributed by atoms with Crippen LogP contribution < -0.4 is 9.64 Å². The molecular weight excluding hydrogens is 352 g/mol. The van der Waals surface area contributed by atoms with Crippen LogP contribution in [0, 0.1) is 6.92 Å². The number of methoxy groups -OCH3 is 1. The second-order valence-electron chi connectivity index (χ2n) is 6.26. The van der Waals surface area contributed by atoms with Crippen LogP contribution in [-0.2, 0) is 11.8 Å². The first-order valence-electron chi connectivity index (χ1n) is 8.54. The van der Waals surface area contributed by atoms with Gasteiger partial charge in [-0.3, -0.25) is 9.48 Å². The number of anilines is 1. The van der Waals surface area contributed by atoms with Gasteiger partial charge >= 0.3 is 0 Å². The maximum Gasteiger partial charge on any atom is 0.246 e. The molecule has 1 aromatic carbocycles. The van der Waals surface area contributed by atoms with Crippen LogP contribution in [0.3, 0.4) is 0 Å². The highest BCUT2D eigenvalue weighted by Crippen LogP contribution is 2.23. The van der Waals surface area contributed by atoms with Crippen molar-refractivity contribution in [2.75, 3.05) is 38.2 Å². The smallest absolute Gasteiger partial charge is 0.246 e. The molecule has 3 rings (SSSR count). The van der Waals surface area contributed by atoms with Gasteiger partial charge in [0.1, 0.15) is 10.9 Å². The summed E-state index contributed by atoms with van der Waals surface area (Å²) < 4.78 is 6.89. The van der Waals surface area contributed by atoms with Crippen LogP contribution in [0.5, 0.6) is 5.75 Å². The molecular formula is C19H23ClN4O2. The number of piperazine rings is 1. The third kappa shape index (κ3) is 3.85. The van der Waals surface area contributed by atoms with Crippen LogP contribution in [0.4, 0.5) is 5.69 Å². The lowest BCUT2D eigenvalue weighted by atomic mass is 10.2. The van der Waals surface area contributed by atoms with Gasteiger partial charge in [-0.05, 0) is 25.1 Å². The molecule has 2 aromatic rings. The zero-order chi connectivity index (χ0) is 18.7. The molecule has 0 aliphatic carbocycles. The molecule has 0 spiro atoms. The van der Waals surface area contributed by atoms with Crippen molar-refractivity contribution in [1.82, 2.24) is 14.7 Å². The van der Waals surface area contributed by atoms with Gasteiger partial charge < -0.3 is 14.5 Å². The molecule has 138 valence electrons. The van der Waals surface area contributed by atoms with Crippen LogP contribution in [-0.4, -0.2) is 53.9 Å². The number of nitrogens with zero attached hydrogens (tertiary/aromatic N) is 4. The number of halogens is 1. The maximum atomic E-state index is 12.5. The van der Waals surface area contributed by atoms with Gasteiger partial charge in [-0.25, -0.2) is 0 Å². The van der Waals surface area contributed by atoms with Crippen molar-refractivity contribution in [1.29, 1.82) is 0 Å². The van der Waals surface area contributed by atoms with E-state index in [9.17, 15) is 4.79 Å². The molecule has 0 atom stereocenters. The molecule has 2 heterocycles. The number of aryl methyl sites for hydroxylation is 2. The van der Waals surface area contributed by atoms with Gasteiger partial charge in [-0.2, -0.15) is 5.10 Å². The molecule has 1 amide bonds. The van der Waals surface area contributed by atoms with Gasteiger partial charge in [-0.1, -0.05) is 17.7 Å². The number of aromatic nitrogens is 2. The first-order valence-corrected chi connectivity index (χ1v) is 8.92. The summed E-state index contributed by atoms with van der Waals surface area (Å²) in [6, 6.07) is 7.99. The SMILES string of the molecule is COc1cccc(N2CCN(C(=O)/C=C/c3c(C)nn(C)c3Cl)CC2)c1. The fourth-order valence-corrected chi connectivity index (χ4v) is 3.33. The lowest BCUT2D eigenvalue weighted by molar-refractivity contribution is -0.126. The number of benzene rings is 1. The molecule has 0 bridgehead atoms. The van der Waals surface area contributed by atoms with Crippen LogP contribution in [0.25, 0.3) is 6.08 Å². The molecule has 26 heavy (non-hydrogen) atoms. The summed E-state index contributed by atoms with van der Waals surface area (Å²) in [4.78, 5) is 16.6. The summed E-state index contributed by atoms with van der Waals surface area (Å²) in [7, 11) is 3.45. The Morgan fingerprint density at radius 1 is 1.27 bits per heavy atom. The predicted molar refractivity (Wildman–Crippen MR) is 104 cm³/mol. The number of carbonyl (C=O) groups excluding carboxylic acids is 1. The Balaban J connectivity index is 1.60. The fourth-order valence-electron chi connectivity index (χ4n) is 3.09. The summed E-state index contributed by atoms with van der Waals surface area (Å²) in [6.07, 6.45) is 3.33. The molecule has 0 saturated carbocycles. The Morgan fingerprint density at radius 2 is 2.00 bits per heavy atom. The van der Waals surface area contributed by atoms with Crippen molar-refractivity contribution in [2.24, 2.45) is 7.05 Å². The highest BCUT2D eigenvalue weighted by Gasteiger charge is 2.20. The van der Waals surface area contributed by atoms with Gasteiger partial charge in [0.25, 0.3) is 0 Å². The van der Waals surface area contributed by atoms with E-state index in [-0.39, 0.29) is 5.91 Å². The van der Waals surface area contributed by atoms with Gasteiger partial charge in [0, 0.05) is 56.6 Å². The number of carbonyl (C=O) groups is 1. The van der Waals surface area contributed by atoms with Crippen LogP contribution in [0.15, 0.2) is 30.3 Å². The van der Waals surface area contributed by atoms with Crippen molar-refractivity contribution in [2.45, 2.75) is 6.92 Å². The Labute approximate surface area is 158 Å². The van der Waals surface area contributed by atoms with E-state index >= 15 is 0 Å². The predicted octanol–water partition coefficient (Wildman–Crippen LogP) is 2.75. The number of rotatable bonds is 4. The number of ether oxygens (including phenoxy) is 1. The summed E-state index contributed by atoms with van der Waals surface area (Å²) >= 11 is 6.20. The Morgan fingerprint density at radius 3 is 2.62 bits per heavy atom. The van der Waals surface area contributed by atoms with Crippen LogP contribution in [0.1, 0.15) is 11.3 Å². The minimum atomic E-state index is -0.00499. The number of amides is 1. The fraction of sp³-hybridized carbons (Fsp3) is 0.368. The lowest BCUT2D eigenvalue weighted by Crippen LogP contribution is -2.48. The molecule has 1 aliphatic rings. The van der Waals surface area contributed by atoms with E-state index in [2.05, 4.69) is 16.1 Å². The Bertz CT molecular complexity index is 823. The third-order valence-corrected chi connectivity index (χ3v) is 5.05. The standard InChI is InChI=1S/C19H23ClN4O2/c1-14-17(19(20)22(2)21-14)7-8-18(25)24-11-9-23(10-12-24)15-5-4-6-16(13-15)26-3/h4-8,13H,9-12H2,1-3H3/b8-7+. The average molecular weight is 375 g/mol. The van der Waals surface area contributed by atoms with Gasteiger partial charge in [0.2, 0.25) is 5.91 Å². The summed E-state index contributed by atoms with van der Waals surface area (Å²) in [5.41, 5.74) is 2.71. The minimum Gasteiger partial charge on any atom is -0.497 e. The minimum absolute atomic E-state index is 0.00499. The van der Waals surface area contributed by atoms with Crippen molar-refractivity contribution >= 4 is 29.3 Å². The molecule has 7 heteroatoms. The summed E-state index contributed by atoms with van der Waals surface area (Å²) in [5.74, 6) is 0.835. The van der Waals surface area contributed by atoms with Crippen molar-refractivity contribution in [3.8, 4) is 5.75 Å². The molecule has 1 saturated heterocycles. The molecule has 0 radical (unpaired) electrons. The number of hydrogen-bond acceptors (Lipinski definition) is 4. The van der Waals surface area contributed by atoms with E-state index in [0.29, 0.717) is 18.2 Å². The summed E-state index contributed by atoms with van der Waals surface area (Å²) in [5, 5.41) is 4.79. The Kier molecular flexibility index (Phi) is 5.52. The zero-order valence-electron chi connectivity index (χ0n) is 15.3. The molecule has 1 fully saturated rings. The largest absolute Gasteiger partial charge is 0.497 e. The van der Waals surface area contributed by atoms with Gasteiger partial charge in [-0.15, -0.1) is 0 Å². The summed E-state index contributed by atoms with van der Waals surface area (Å²) in [6.45, 7) is 4.82. The van der Waals surface area contributed by atoms with Crippen molar-refractivity contribution < 1.29 is 9.53 Å². The van der Waals surface area contributed by atoms with E-state index < -0.39 is 0 Å². The van der Waals surface area contributed by atoms with E-state index in [4.69, 9.17) is 16.3 Å². The highest BCUT2D eigenvalue weighted by molar-refractivity contribution is 6.31. The van der Waals surface area contributed by atoms with Crippen molar-refractivity contribution in [3.05, 3.63) is 46.8 Å². The maximum absolute atomic E-state index is 12.5. The highest BCUT2D eigenvalue weighted by atomic mass is 35.5. The lowest BCUT2D eigenvalue weighted by Gasteiger charge is -2.35. The third-order valence-electron chi connectivity index (χ3n) is 4.60. The molecule has 1 aliphatic heterocycles. The second-order valence-corrected chi connectivity index (χ2v) is 6.62. The topological polar surface area (TPSA) is 50.6 Å². The second kappa shape index (κ2) is 7.83. The monoisotopic (exact) mass is 374 g/mol.